The molecule has 0 unspecified atom stereocenters. The van der Waals surface area contributed by atoms with Crippen LogP contribution >= 0.6 is 11.8 Å². The summed E-state index contributed by atoms with van der Waals surface area (Å²) >= 11 is 1.59. The van der Waals surface area contributed by atoms with E-state index < -0.39 is 5.91 Å². The van der Waals surface area contributed by atoms with Gasteiger partial charge in [-0.1, -0.05) is 48.5 Å². The summed E-state index contributed by atoms with van der Waals surface area (Å²) in [6.07, 6.45) is 1.56. The molecule has 4 rings (SSSR count). The molecule has 6 nitrogen and oxygen atoms in total. The third-order valence-electron chi connectivity index (χ3n) is 4.82. The standard InChI is InChI=1S/C24H21N3O3S/c25-22(28)14-30-17-11-9-16(10-12-17)13-26-27-23(29)15-31-24-20-7-3-1-5-18(20)19-6-2-4-8-21(19)24/h1-13,24H,14-15H2,(H2,25,28)(H,27,29). The smallest absolute Gasteiger partial charge is 0.255 e. The fraction of sp³-hybridized carbons (Fsp3) is 0.125. The second-order valence-electron chi connectivity index (χ2n) is 6.98. The lowest BCUT2D eigenvalue weighted by Crippen LogP contribution is -2.20. The topological polar surface area (TPSA) is 93.8 Å². The van der Waals surface area contributed by atoms with Crippen LogP contribution in [0.25, 0.3) is 11.1 Å². The van der Waals surface area contributed by atoms with Crippen molar-refractivity contribution in [3.63, 3.8) is 0 Å². The molecule has 0 saturated carbocycles. The summed E-state index contributed by atoms with van der Waals surface area (Å²) in [7, 11) is 0. The molecule has 1 aliphatic rings. The van der Waals surface area contributed by atoms with E-state index in [1.54, 1.807) is 42.2 Å². The van der Waals surface area contributed by atoms with Crippen LogP contribution in [-0.2, 0) is 9.59 Å². The van der Waals surface area contributed by atoms with Crippen LogP contribution in [0.15, 0.2) is 77.9 Å². The number of hydrogen-bond donors (Lipinski definition) is 2. The maximum absolute atomic E-state index is 12.3. The first-order chi connectivity index (χ1) is 15.1. The van der Waals surface area contributed by atoms with E-state index in [1.807, 2.05) is 24.3 Å². The van der Waals surface area contributed by atoms with Gasteiger partial charge in [-0.25, -0.2) is 5.43 Å². The number of primary amides is 1. The Labute approximate surface area is 184 Å². The number of hydrazone groups is 1. The van der Waals surface area contributed by atoms with Gasteiger partial charge >= 0.3 is 0 Å². The van der Waals surface area contributed by atoms with Gasteiger partial charge in [0.1, 0.15) is 5.75 Å². The van der Waals surface area contributed by atoms with Crippen molar-refractivity contribution in [1.29, 1.82) is 0 Å². The number of nitrogens with zero attached hydrogens (tertiary/aromatic N) is 1. The van der Waals surface area contributed by atoms with E-state index in [0.717, 1.165) is 5.56 Å². The summed E-state index contributed by atoms with van der Waals surface area (Å²) < 4.78 is 5.20. The highest BCUT2D eigenvalue weighted by Gasteiger charge is 2.28. The molecule has 0 aliphatic heterocycles. The lowest BCUT2D eigenvalue weighted by Gasteiger charge is -2.12. The number of rotatable bonds is 8. The quantitative estimate of drug-likeness (QED) is 0.422. The predicted molar refractivity (Wildman–Crippen MR) is 123 cm³/mol. The Morgan fingerprint density at radius 3 is 2.19 bits per heavy atom. The highest BCUT2D eigenvalue weighted by Crippen LogP contribution is 2.49. The van der Waals surface area contributed by atoms with Gasteiger partial charge in [0.05, 0.1) is 17.2 Å². The van der Waals surface area contributed by atoms with E-state index >= 15 is 0 Å². The number of nitrogens with two attached hydrogens (primary N) is 1. The number of benzene rings is 3. The first kappa shape index (κ1) is 20.7. The minimum Gasteiger partial charge on any atom is -0.484 e. The summed E-state index contributed by atoms with van der Waals surface area (Å²) in [6.45, 7) is -0.170. The van der Waals surface area contributed by atoms with Crippen LogP contribution in [0.2, 0.25) is 0 Å². The van der Waals surface area contributed by atoms with Gasteiger partial charge in [0, 0.05) is 0 Å². The van der Waals surface area contributed by atoms with Gasteiger partial charge in [0.25, 0.3) is 5.91 Å². The van der Waals surface area contributed by atoms with Gasteiger partial charge in [-0.2, -0.15) is 5.10 Å². The van der Waals surface area contributed by atoms with Crippen molar-refractivity contribution >= 4 is 29.8 Å². The van der Waals surface area contributed by atoms with Crippen molar-refractivity contribution in [3.8, 4) is 16.9 Å². The molecule has 31 heavy (non-hydrogen) atoms. The maximum Gasteiger partial charge on any atom is 0.255 e. The molecule has 0 saturated heterocycles. The van der Waals surface area contributed by atoms with E-state index in [1.165, 1.54) is 22.3 Å². The zero-order valence-corrected chi connectivity index (χ0v) is 17.5. The largest absolute Gasteiger partial charge is 0.484 e. The van der Waals surface area contributed by atoms with Crippen LogP contribution in [0.5, 0.6) is 5.75 Å². The predicted octanol–water partition coefficient (Wildman–Crippen LogP) is 3.50. The Balaban J connectivity index is 1.31. The van der Waals surface area contributed by atoms with Crippen molar-refractivity contribution in [3.05, 3.63) is 89.5 Å². The number of carbonyl (C=O) groups is 2. The molecule has 3 aromatic carbocycles. The molecule has 3 N–H and O–H groups in total. The number of amides is 2. The maximum atomic E-state index is 12.3. The Morgan fingerprint density at radius 2 is 1.58 bits per heavy atom. The van der Waals surface area contributed by atoms with Crippen molar-refractivity contribution in [2.45, 2.75) is 5.25 Å². The summed E-state index contributed by atoms with van der Waals surface area (Å²) in [6, 6.07) is 23.6. The average molecular weight is 432 g/mol. The van der Waals surface area contributed by atoms with Gasteiger partial charge in [-0.15, -0.1) is 11.8 Å². The number of thioether (sulfide) groups is 1. The molecule has 0 radical (unpaired) electrons. The van der Waals surface area contributed by atoms with Gasteiger partial charge in [-0.05, 0) is 52.1 Å². The summed E-state index contributed by atoms with van der Waals surface area (Å²) in [5, 5.41) is 4.16. The number of nitrogens with one attached hydrogen (secondary N) is 1. The molecule has 1 aliphatic carbocycles. The van der Waals surface area contributed by atoms with Gasteiger partial charge in [-0.3, -0.25) is 9.59 Å². The summed E-state index contributed by atoms with van der Waals surface area (Å²) in [4.78, 5) is 23.0. The molecule has 3 aromatic rings. The molecular weight excluding hydrogens is 410 g/mol. The lowest BCUT2D eigenvalue weighted by molar-refractivity contribution is -0.120. The van der Waals surface area contributed by atoms with Crippen LogP contribution in [0.3, 0.4) is 0 Å². The SMILES string of the molecule is NC(=O)COc1ccc(C=NNC(=O)CSC2c3ccccc3-c3ccccc32)cc1. The number of carbonyl (C=O) groups excluding carboxylic acids is 2. The molecule has 7 heteroatoms. The zero-order chi connectivity index (χ0) is 21.6. The number of hydrogen-bond acceptors (Lipinski definition) is 5. The van der Waals surface area contributed by atoms with Crippen molar-refractivity contribution < 1.29 is 14.3 Å². The Hall–Kier alpha value is -3.58. The van der Waals surface area contributed by atoms with E-state index in [4.69, 9.17) is 10.5 Å². The number of ether oxygens (including phenoxy) is 1. The van der Waals surface area contributed by atoms with Gasteiger partial charge in [0.2, 0.25) is 5.91 Å². The average Bonchev–Trinajstić information content (AvgIpc) is 3.11. The zero-order valence-electron chi connectivity index (χ0n) is 16.7. The van der Waals surface area contributed by atoms with Crippen LogP contribution < -0.4 is 15.9 Å². The highest BCUT2D eigenvalue weighted by atomic mass is 32.2. The Bertz CT molecular complexity index is 1080. The molecule has 0 aromatic heterocycles. The van der Waals surface area contributed by atoms with E-state index in [0.29, 0.717) is 11.5 Å². The molecule has 0 bridgehead atoms. The second kappa shape index (κ2) is 9.49. The fourth-order valence-corrected chi connectivity index (χ4v) is 4.62. The van der Waals surface area contributed by atoms with Gasteiger partial charge < -0.3 is 10.5 Å². The van der Waals surface area contributed by atoms with Crippen molar-refractivity contribution in [2.75, 3.05) is 12.4 Å². The summed E-state index contributed by atoms with van der Waals surface area (Å²) in [5.74, 6) is 0.138. The molecular formula is C24H21N3O3S. The molecule has 0 heterocycles. The van der Waals surface area contributed by atoms with Crippen LogP contribution in [-0.4, -0.2) is 30.4 Å². The van der Waals surface area contributed by atoms with Crippen molar-refractivity contribution in [2.24, 2.45) is 10.8 Å². The van der Waals surface area contributed by atoms with E-state index in [2.05, 4.69) is 34.8 Å². The Kier molecular flexibility index (Phi) is 6.33. The van der Waals surface area contributed by atoms with Crippen molar-refractivity contribution in [1.82, 2.24) is 5.43 Å². The fourth-order valence-electron chi connectivity index (χ4n) is 3.46. The second-order valence-corrected chi connectivity index (χ2v) is 8.08. The third-order valence-corrected chi connectivity index (χ3v) is 6.09. The van der Waals surface area contributed by atoms with Gasteiger partial charge in [0.15, 0.2) is 6.61 Å². The minimum absolute atomic E-state index is 0.134. The summed E-state index contributed by atoms with van der Waals surface area (Å²) in [5.41, 5.74) is 13.4. The molecule has 0 spiro atoms. The first-order valence-corrected chi connectivity index (χ1v) is 10.8. The Morgan fingerprint density at radius 1 is 0.968 bits per heavy atom. The van der Waals surface area contributed by atoms with E-state index in [-0.39, 0.29) is 17.8 Å². The molecule has 156 valence electrons. The minimum atomic E-state index is -0.532. The third kappa shape index (κ3) is 4.95. The first-order valence-electron chi connectivity index (χ1n) is 9.75. The van der Waals surface area contributed by atoms with Crippen LogP contribution in [0, 0.1) is 0 Å². The lowest BCUT2D eigenvalue weighted by atomic mass is 10.1. The normalized spacial score (nSPS) is 12.4. The molecule has 2 amide bonds. The van der Waals surface area contributed by atoms with E-state index in [9.17, 15) is 9.59 Å². The molecule has 0 atom stereocenters. The number of fused-ring (bicyclic) bond motifs is 3. The van der Waals surface area contributed by atoms with Crippen LogP contribution in [0.4, 0.5) is 0 Å². The van der Waals surface area contributed by atoms with Crippen LogP contribution in [0.1, 0.15) is 21.9 Å². The monoisotopic (exact) mass is 431 g/mol. The highest BCUT2D eigenvalue weighted by molar-refractivity contribution is 8.00. The molecule has 0 fully saturated rings.